The van der Waals surface area contributed by atoms with Crippen molar-refractivity contribution >= 4 is 5.91 Å². The van der Waals surface area contributed by atoms with Gasteiger partial charge in [-0.1, -0.05) is 12.8 Å². The number of carbonyl (C=O) groups excluding carboxylic acids is 1. The van der Waals surface area contributed by atoms with Gasteiger partial charge in [-0.05, 0) is 32.1 Å². The lowest BCUT2D eigenvalue weighted by Crippen LogP contribution is -2.57. The molecule has 2 heterocycles. The summed E-state index contributed by atoms with van der Waals surface area (Å²) in [5, 5.41) is 0. The van der Waals surface area contributed by atoms with Gasteiger partial charge in [-0.15, -0.1) is 0 Å². The quantitative estimate of drug-likeness (QED) is 0.847. The molecule has 0 aromatic carbocycles. The molecule has 3 aliphatic rings. The molecule has 1 amide bonds. The van der Waals surface area contributed by atoms with Gasteiger partial charge in [-0.3, -0.25) is 9.69 Å². The van der Waals surface area contributed by atoms with Crippen LogP contribution in [-0.2, 0) is 9.53 Å². The largest absolute Gasteiger partial charge is 0.381 e. The molecule has 0 aromatic heterocycles. The van der Waals surface area contributed by atoms with E-state index < -0.39 is 0 Å². The van der Waals surface area contributed by atoms with Crippen molar-refractivity contribution in [3.05, 3.63) is 0 Å². The normalized spacial score (nSPS) is 37.5. The van der Waals surface area contributed by atoms with Gasteiger partial charge in [0.05, 0.1) is 12.5 Å². The van der Waals surface area contributed by atoms with E-state index in [4.69, 9.17) is 10.5 Å². The summed E-state index contributed by atoms with van der Waals surface area (Å²) in [5.41, 5.74) is 6.08. The van der Waals surface area contributed by atoms with Crippen molar-refractivity contribution in [2.45, 2.75) is 44.6 Å². The fourth-order valence-corrected chi connectivity index (χ4v) is 4.23. The van der Waals surface area contributed by atoms with E-state index in [2.05, 4.69) is 16.7 Å². The van der Waals surface area contributed by atoms with E-state index in [1.807, 2.05) is 0 Å². The van der Waals surface area contributed by atoms with Gasteiger partial charge in [-0.2, -0.15) is 0 Å². The van der Waals surface area contributed by atoms with Gasteiger partial charge in [0, 0.05) is 44.9 Å². The molecular weight excluding hydrogens is 278 g/mol. The standard InChI is InChI=1S/C17H31N3O2/c1-17(18)6-3-2-4-15(17)16(21)20-9-7-19(8-10-20)12-14-5-11-22-13-14/h14-15H,2-13,18H2,1H3. The van der Waals surface area contributed by atoms with Crippen LogP contribution in [0, 0.1) is 11.8 Å². The molecule has 0 aromatic rings. The van der Waals surface area contributed by atoms with Crippen LogP contribution in [0.4, 0.5) is 0 Å². The molecule has 1 aliphatic carbocycles. The van der Waals surface area contributed by atoms with E-state index in [1.165, 1.54) is 6.42 Å². The highest BCUT2D eigenvalue weighted by molar-refractivity contribution is 5.80. The summed E-state index contributed by atoms with van der Waals surface area (Å²) in [5.74, 6) is 1.01. The van der Waals surface area contributed by atoms with E-state index >= 15 is 0 Å². The van der Waals surface area contributed by atoms with E-state index in [0.29, 0.717) is 11.8 Å². The van der Waals surface area contributed by atoms with E-state index in [-0.39, 0.29) is 11.5 Å². The Bertz CT molecular complexity index is 385. The first-order valence-corrected chi connectivity index (χ1v) is 8.94. The van der Waals surface area contributed by atoms with Gasteiger partial charge < -0.3 is 15.4 Å². The maximum atomic E-state index is 12.8. The average molecular weight is 309 g/mol. The van der Waals surface area contributed by atoms with Crippen LogP contribution in [0.5, 0.6) is 0 Å². The zero-order valence-electron chi connectivity index (χ0n) is 13.9. The van der Waals surface area contributed by atoms with Crippen LogP contribution in [0.1, 0.15) is 39.0 Å². The molecule has 0 radical (unpaired) electrons. The molecule has 2 N–H and O–H groups in total. The first kappa shape index (κ1) is 16.2. The zero-order valence-corrected chi connectivity index (χ0v) is 13.9. The van der Waals surface area contributed by atoms with E-state index in [0.717, 1.165) is 71.6 Å². The molecule has 126 valence electrons. The maximum Gasteiger partial charge on any atom is 0.227 e. The first-order valence-electron chi connectivity index (χ1n) is 8.94. The lowest BCUT2D eigenvalue weighted by Gasteiger charge is -2.42. The molecule has 2 saturated heterocycles. The Labute approximate surface area is 134 Å². The minimum Gasteiger partial charge on any atom is -0.381 e. The maximum absolute atomic E-state index is 12.8. The first-order chi connectivity index (χ1) is 10.6. The second-order valence-corrected chi connectivity index (χ2v) is 7.66. The fourth-order valence-electron chi connectivity index (χ4n) is 4.23. The van der Waals surface area contributed by atoms with Crippen molar-refractivity contribution < 1.29 is 9.53 Å². The molecule has 3 atom stereocenters. The molecule has 0 bridgehead atoms. The average Bonchev–Trinajstić information content (AvgIpc) is 3.00. The second-order valence-electron chi connectivity index (χ2n) is 7.66. The third kappa shape index (κ3) is 3.63. The Morgan fingerprint density at radius 3 is 2.64 bits per heavy atom. The van der Waals surface area contributed by atoms with Gasteiger partial charge >= 0.3 is 0 Å². The molecule has 22 heavy (non-hydrogen) atoms. The van der Waals surface area contributed by atoms with Crippen LogP contribution in [0.2, 0.25) is 0 Å². The van der Waals surface area contributed by atoms with Crippen molar-refractivity contribution in [3.8, 4) is 0 Å². The molecule has 3 fully saturated rings. The molecule has 0 spiro atoms. The van der Waals surface area contributed by atoms with Gasteiger partial charge in [-0.25, -0.2) is 0 Å². The molecular formula is C17H31N3O2. The van der Waals surface area contributed by atoms with Crippen molar-refractivity contribution in [3.63, 3.8) is 0 Å². The number of nitrogens with two attached hydrogens (primary N) is 1. The molecule has 5 nitrogen and oxygen atoms in total. The lowest BCUT2D eigenvalue weighted by atomic mass is 9.74. The topological polar surface area (TPSA) is 58.8 Å². The number of hydrogen-bond donors (Lipinski definition) is 1. The summed E-state index contributed by atoms with van der Waals surface area (Å²) >= 11 is 0. The Hall–Kier alpha value is -0.650. The van der Waals surface area contributed by atoms with Crippen LogP contribution in [0.3, 0.4) is 0 Å². The predicted molar refractivity (Wildman–Crippen MR) is 86.5 cm³/mol. The van der Waals surface area contributed by atoms with Gasteiger partial charge in [0.15, 0.2) is 0 Å². The number of ether oxygens (including phenoxy) is 1. The Morgan fingerprint density at radius 1 is 1.23 bits per heavy atom. The molecule has 5 heteroatoms. The summed E-state index contributed by atoms with van der Waals surface area (Å²) in [6.45, 7) is 8.72. The van der Waals surface area contributed by atoms with Crippen molar-refractivity contribution in [2.75, 3.05) is 45.9 Å². The van der Waals surface area contributed by atoms with E-state index in [9.17, 15) is 4.79 Å². The highest BCUT2D eigenvalue weighted by Gasteiger charge is 2.40. The van der Waals surface area contributed by atoms with Crippen LogP contribution in [0.25, 0.3) is 0 Å². The summed E-state index contributed by atoms with van der Waals surface area (Å²) in [6.07, 6.45) is 5.43. The van der Waals surface area contributed by atoms with Crippen LogP contribution in [0.15, 0.2) is 0 Å². The number of nitrogens with zero attached hydrogens (tertiary/aromatic N) is 2. The number of piperazine rings is 1. The van der Waals surface area contributed by atoms with Crippen molar-refractivity contribution in [1.29, 1.82) is 0 Å². The minimum atomic E-state index is -0.312. The van der Waals surface area contributed by atoms with Crippen LogP contribution >= 0.6 is 0 Å². The molecule has 3 unspecified atom stereocenters. The summed E-state index contributed by atoms with van der Waals surface area (Å²) < 4.78 is 5.46. The Balaban J connectivity index is 1.49. The summed E-state index contributed by atoms with van der Waals surface area (Å²) in [4.78, 5) is 17.4. The monoisotopic (exact) mass is 309 g/mol. The molecule has 1 saturated carbocycles. The Morgan fingerprint density at radius 2 is 2.00 bits per heavy atom. The molecule has 3 rings (SSSR count). The van der Waals surface area contributed by atoms with Crippen molar-refractivity contribution in [2.24, 2.45) is 17.6 Å². The summed E-state index contributed by atoms with van der Waals surface area (Å²) in [7, 11) is 0. The predicted octanol–water partition coefficient (Wildman–Crippen LogP) is 1.07. The number of amides is 1. The number of carbonyl (C=O) groups is 1. The highest BCUT2D eigenvalue weighted by Crippen LogP contribution is 2.33. The van der Waals surface area contributed by atoms with Crippen LogP contribution < -0.4 is 5.73 Å². The third-order valence-corrected chi connectivity index (χ3v) is 5.78. The van der Waals surface area contributed by atoms with Gasteiger partial charge in [0.25, 0.3) is 0 Å². The number of hydrogen-bond acceptors (Lipinski definition) is 4. The van der Waals surface area contributed by atoms with Crippen molar-refractivity contribution in [1.82, 2.24) is 9.80 Å². The lowest BCUT2D eigenvalue weighted by molar-refractivity contribution is -0.140. The van der Waals surface area contributed by atoms with Crippen LogP contribution in [-0.4, -0.2) is 67.2 Å². The zero-order chi connectivity index (χ0) is 15.6. The second kappa shape index (κ2) is 6.85. The minimum absolute atomic E-state index is 0.0241. The van der Waals surface area contributed by atoms with E-state index in [1.54, 1.807) is 0 Å². The smallest absolute Gasteiger partial charge is 0.227 e. The highest BCUT2D eigenvalue weighted by atomic mass is 16.5. The number of rotatable bonds is 3. The molecule has 2 aliphatic heterocycles. The summed E-state index contributed by atoms with van der Waals surface area (Å²) in [6, 6.07) is 0. The van der Waals surface area contributed by atoms with Gasteiger partial charge in [0.2, 0.25) is 5.91 Å². The van der Waals surface area contributed by atoms with Gasteiger partial charge in [0.1, 0.15) is 0 Å². The third-order valence-electron chi connectivity index (χ3n) is 5.78. The SMILES string of the molecule is CC1(N)CCCCC1C(=O)N1CCN(CC2CCOC2)CC1. The fraction of sp³-hybridized carbons (Fsp3) is 0.941. The Kier molecular flexibility index (Phi) is 5.05.